The molecule has 0 aliphatic rings. The predicted octanol–water partition coefficient (Wildman–Crippen LogP) is 4.82. The molecule has 2 aromatic carbocycles. The van der Waals surface area contributed by atoms with E-state index in [0.29, 0.717) is 16.5 Å². The van der Waals surface area contributed by atoms with Gasteiger partial charge in [-0.2, -0.15) is 5.10 Å². The van der Waals surface area contributed by atoms with E-state index in [9.17, 15) is 9.18 Å². The van der Waals surface area contributed by atoms with Crippen LogP contribution in [-0.4, -0.2) is 25.7 Å². The van der Waals surface area contributed by atoms with Crippen LogP contribution in [0.3, 0.4) is 0 Å². The smallest absolute Gasteiger partial charge is 0.276 e. The van der Waals surface area contributed by atoms with Crippen LogP contribution in [0.5, 0.6) is 0 Å². The molecule has 0 spiro atoms. The van der Waals surface area contributed by atoms with Gasteiger partial charge in [0, 0.05) is 28.2 Å². The number of aryl methyl sites for hydroxylation is 2. The minimum atomic E-state index is -0.325. The lowest BCUT2D eigenvalue weighted by atomic mass is 10.3. The van der Waals surface area contributed by atoms with Gasteiger partial charge in [0.1, 0.15) is 5.82 Å². The van der Waals surface area contributed by atoms with E-state index < -0.39 is 0 Å². The van der Waals surface area contributed by atoms with E-state index in [4.69, 9.17) is 0 Å². The van der Waals surface area contributed by atoms with Crippen LogP contribution in [0.15, 0.2) is 76.9 Å². The average molecular weight is 419 g/mol. The van der Waals surface area contributed by atoms with E-state index in [1.807, 2.05) is 44.2 Å². The number of hydrogen-bond acceptors (Lipinski definition) is 5. The van der Waals surface area contributed by atoms with Crippen molar-refractivity contribution in [2.45, 2.75) is 23.9 Å². The van der Waals surface area contributed by atoms with Gasteiger partial charge < -0.3 is 5.32 Å². The first-order valence-electron chi connectivity index (χ1n) is 9.19. The summed E-state index contributed by atoms with van der Waals surface area (Å²) in [4.78, 5) is 22.3. The summed E-state index contributed by atoms with van der Waals surface area (Å²) in [6.45, 7) is 3.88. The van der Waals surface area contributed by atoms with Crippen LogP contribution in [-0.2, 0) is 0 Å². The highest BCUT2D eigenvalue weighted by Gasteiger charge is 2.11. The first-order valence-corrected chi connectivity index (χ1v) is 10.0. The van der Waals surface area contributed by atoms with Gasteiger partial charge in [0.2, 0.25) is 0 Å². The maximum Gasteiger partial charge on any atom is 0.276 e. The number of carbonyl (C=O) groups is 1. The fourth-order valence-electron chi connectivity index (χ4n) is 2.83. The van der Waals surface area contributed by atoms with Crippen molar-refractivity contribution in [3.05, 3.63) is 89.8 Å². The van der Waals surface area contributed by atoms with E-state index in [-0.39, 0.29) is 17.4 Å². The summed E-state index contributed by atoms with van der Waals surface area (Å²) in [7, 11) is 0. The van der Waals surface area contributed by atoms with E-state index in [1.165, 1.54) is 28.6 Å². The lowest BCUT2D eigenvalue weighted by molar-refractivity contribution is 0.102. The largest absolute Gasteiger partial charge is 0.321 e. The van der Waals surface area contributed by atoms with Gasteiger partial charge in [0.25, 0.3) is 5.91 Å². The van der Waals surface area contributed by atoms with Gasteiger partial charge in [0.15, 0.2) is 10.9 Å². The summed E-state index contributed by atoms with van der Waals surface area (Å²) in [5.41, 5.74) is 3.44. The molecule has 4 rings (SSSR count). The van der Waals surface area contributed by atoms with E-state index in [2.05, 4.69) is 20.4 Å². The van der Waals surface area contributed by atoms with Crippen molar-refractivity contribution in [2.24, 2.45) is 0 Å². The first kappa shape index (κ1) is 19.8. The van der Waals surface area contributed by atoms with Crippen molar-refractivity contribution in [1.29, 1.82) is 0 Å². The van der Waals surface area contributed by atoms with Gasteiger partial charge in [-0.15, -0.1) is 0 Å². The van der Waals surface area contributed by atoms with Crippen molar-refractivity contribution in [3.8, 4) is 5.69 Å². The van der Waals surface area contributed by atoms with Crippen LogP contribution in [0.4, 0.5) is 10.1 Å². The van der Waals surface area contributed by atoms with Gasteiger partial charge in [0.05, 0.1) is 5.69 Å². The number of benzene rings is 2. The van der Waals surface area contributed by atoms with E-state index >= 15 is 0 Å². The van der Waals surface area contributed by atoms with Gasteiger partial charge in [-0.1, -0.05) is 0 Å². The van der Waals surface area contributed by atoms with Crippen molar-refractivity contribution < 1.29 is 9.18 Å². The Morgan fingerprint density at radius 2 is 1.63 bits per heavy atom. The molecule has 8 heteroatoms. The topological polar surface area (TPSA) is 72.7 Å². The summed E-state index contributed by atoms with van der Waals surface area (Å²) < 4.78 is 14.6. The zero-order valence-corrected chi connectivity index (χ0v) is 17.2. The second-order valence-corrected chi connectivity index (χ2v) is 7.68. The van der Waals surface area contributed by atoms with Gasteiger partial charge in [-0.05, 0) is 86.3 Å². The molecule has 0 unspecified atom stereocenters. The minimum Gasteiger partial charge on any atom is -0.321 e. The summed E-state index contributed by atoms with van der Waals surface area (Å²) in [6, 6.07) is 16.9. The molecule has 2 aromatic heterocycles. The maximum atomic E-state index is 13.1. The Labute approximate surface area is 177 Å². The molecule has 150 valence electrons. The molecule has 6 nitrogen and oxygen atoms in total. The summed E-state index contributed by atoms with van der Waals surface area (Å²) in [6.07, 6.45) is 1.66. The van der Waals surface area contributed by atoms with Crippen molar-refractivity contribution >= 4 is 23.4 Å². The number of aromatic nitrogens is 4. The zero-order chi connectivity index (χ0) is 21.1. The van der Waals surface area contributed by atoms with Crippen LogP contribution < -0.4 is 5.32 Å². The number of nitrogens with one attached hydrogen (secondary N) is 1. The number of amides is 1. The molecule has 0 radical (unpaired) electrons. The highest BCUT2D eigenvalue weighted by molar-refractivity contribution is 7.99. The third kappa shape index (κ3) is 4.72. The van der Waals surface area contributed by atoms with E-state index in [1.54, 1.807) is 24.4 Å². The molecule has 0 saturated heterocycles. The number of halogens is 1. The van der Waals surface area contributed by atoms with Crippen LogP contribution in [0.1, 0.15) is 21.9 Å². The SMILES string of the molecule is Cc1cc(C)nc(Sc2ccc(NC(=O)c3ccn(-c4ccc(F)cc4)n3)cc2)n1. The molecule has 1 amide bonds. The number of anilines is 1. The highest BCUT2D eigenvalue weighted by Crippen LogP contribution is 2.26. The van der Waals surface area contributed by atoms with Crippen LogP contribution in [0.25, 0.3) is 5.69 Å². The molecule has 1 N–H and O–H groups in total. The maximum absolute atomic E-state index is 13.1. The molecule has 0 saturated carbocycles. The Morgan fingerprint density at radius 1 is 0.967 bits per heavy atom. The molecule has 0 aliphatic carbocycles. The molecule has 0 bridgehead atoms. The van der Waals surface area contributed by atoms with Crippen molar-refractivity contribution in [2.75, 3.05) is 5.32 Å². The lowest BCUT2D eigenvalue weighted by Gasteiger charge is -2.06. The Hall–Kier alpha value is -3.52. The lowest BCUT2D eigenvalue weighted by Crippen LogP contribution is -2.13. The van der Waals surface area contributed by atoms with Gasteiger partial charge in [-0.25, -0.2) is 19.0 Å². The Morgan fingerprint density at radius 3 is 2.30 bits per heavy atom. The quantitative estimate of drug-likeness (QED) is 0.470. The summed E-state index contributed by atoms with van der Waals surface area (Å²) in [5.74, 6) is -0.650. The third-order valence-corrected chi connectivity index (χ3v) is 5.07. The van der Waals surface area contributed by atoms with Crippen molar-refractivity contribution in [1.82, 2.24) is 19.7 Å². The fourth-order valence-corrected chi connectivity index (χ4v) is 3.69. The fraction of sp³-hybridized carbons (Fsp3) is 0.0909. The van der Waals surface area contributed by atoms with Crippen LogP contribution in [0.2, 0.25) is 0 Å². The predicted molar refractivity (Wildman–Crippen MR) is 114 cm³/mol. The normalized spacial score (nSPS) is 10.8. The van der Waals surface area contributed by atoms with Crippen LogP contribution in [0, 0.1) is 19.7 Å². The van der Waals surface area contributed by atoms with Gasteiger partial charge in [-0.3, -0.25) is 4.79 Å². The molecule has 2 heterocycles. The molecular weight excluding hydrogens is 401 g/mol. The van der Waals surface area contributed by atoms with Crippen LogP contribution >= 0.6 is 11.8 Å². The standard InChI is InChI=1S/C22H18FN5OS/c1-14-13-15(2)25-22(24-14)30-19-9-5-17(6-10-19)26-21(29)20-11-12-28(27-20)18-7-3-16(23)4-8-18/h3-13H,1-2H3,(H,26,29). The number of rotatable bonds is 5. The number of nitrogens with zero attached hydrogens (tertiary/aromatic N) is 4. The highest BCUT2D eigenvalue weighted by atomic mass is 32.2. The first-order chi connectivity index (χ1) is 14.5. The molecule has 30 heavy (non-hydrogen) atoms. The van der Waals surface area contributed by atoms with Crippen molar-refractivity contribution in [3.63, 3.8) is 0 Å². The summed E-state index contributed by atoms with van der Waals surface area (Å²) >= 11 is 1.46. The average Bonchev–Trinajstić information content (AvgIpc) is 3.20. The molecule has 0 aliphatic heterocycles. The molecule has 4 aromatic rings. The third-order valence-electron chi connectivity index (χ3n) is 4.20. The number of carbonyl (C=O) groups excluding carboxylic acids is 1. The molecular formula is C22H18FN5OS. The molecule has 0 fully saturated rings. The Balaban J connectivity index is 1.42. The van der Waals surface area contributed by atoms with Gasteiger partial charge >= 0.3 is 0 Å². The second-order valence-electron chi connectivity index (χ2n) is 6.64. The summed E-state index contributed by atoms with van der Waals surface area (Å²) in [5, 5.41) is 7.77. The monoisotopic (exact) mass is 419 g/mol. The second kappa shape index (κ2) is 8.46. The Bertz CT molecular complexity index is 1170. The number of hydrogen-bond donors (Lipinski definition) is 1. The van der Waals surface area contributed by atoms with E-state index in [0.717, 1.165) is 16.3 Å². The Kier molecular flexibility index (Phi) is 5.58. The minimum absolute atomic E-state index is 0.265. The molecule has 0 atom stereocenters. The zero-order valence-electron chi connectivity index (χ0n) is 16.3.